The molecule has 0 aliphatic carbocycles. The Labute approximate surface area is 214 Å². The van der Waals surface area contributed by atoms with Crippen molar-refractivity contribution >= 4 is 59.0 Å². The number of hydrogen-bond acceptors (Lipinski definition) is 5. The molecule has 0 amide bonds. The lowest BCUT2D eigenvalue weighted by molar-refractivity contribution is 0.422. The molecule has 2 N–H and O–H groups in total. The molecule has 2 aromatic carbocycles. The monoisotopic (exact) mass is 523 g/mol. The van der Waals surface area contributed by atoms with Crippen molar-refractivity contribution in [3.05, 3.63) is 71.9 Å². The molecule has 1 aliphatic heterocycles. The molecule has 1 saturated heterocycles. The highest BCUT2D eigenvalue weighted by Crippen LogP contribution is 2.32. The Morgan fingerprint density at radius 1 is 1.06 bits per heavy atom. The van der Waals surface area contributed by atoms with E-state index in [9.17, 15) is 4.39 Å². The largest absolute Gasteiger partial charge is 0.457 e. The zero-order valence-electron chi connectivity index (χ0n) is 18.2. The molecule has 0 atom stereocenters. The normalized spacial score (nSPS) is 13.8. The van der Waals surface area contributed by atoms with Gasteiger partial charge in [0.15, 0.2) is 0 Å². The van der Waals surface area contributed by atoms with Crippen molar-refractivity contribution < 1.29 is 9.13 Å². The average Bonchev–Trinajstić information content (AvgIpc) is 3.21. The first kappa shape index (κ1) is 25.9. The van der Waals surface area contributed by atoms with Crippen LogP contribution in [0.25, 0.3) is 11.0 Å². The zero-order valence-corrected chi connectivity index (χ0v) is 20.6. The number of piperidine rings is 1. The number of benzene rings is 2. The van der Waals surface area contributed by atoms with Crippen LogP contribution in [0.1, 0.15) is 12.8 Å². The van der Waals surface area contributed by atoms with Crippen molar-refractivity contribution in [2.24, 2.45) is 5.92 Å². The molecule has 1 fully saturated rings. The number of nitrogens with zero attached hydrogens (tertiary/aromatic N) is 3. The van der Waals surface area contributed by atoms with E-state index >= 15 is 0 Å². The smallest absolute Gasteiger partial charge is 0.144 e. The molecule has 34 heavy (non-hydrogen) atoms. The van der Waals surface area contributed by atoms with Crippen LogP contribution in [0.15, 0.2) is 61.1 Å². The number of ether oxygens (including phenoxy) is 1. The number of fused-ring (bicyclic) bond motifs is 1. The van der Waals surface area contributed by atoms with Gasteiger partial charge >= 0.3 is 0 Å². The van der Waals surface area contributed by atoms with Crippen LogP contribution >= 0.6 is 36.4 Å². The number of H-pyrrole nitrogens is 1. The highest BCUT2D eigenvalue weighted by molar-refractivity contribution is 6.36. The van der Waals surface area contributed by atoms with Gasteiger partial charge in [-0.15, -0.1) is 24.8 Å². The SMILES string of the molecule is Cl.Cl.Fc1ccc(Oc2cccc(NCC3CCN(c4ncnc5[nH]cc(Cl)c45)CC3)c2)cc1. The molecule has 2 aromatic heterocycles. The van der Waals surface area contributed by atoms with Crippen LogP contribution in [0.2, 0.25) is 5.02 Å². The summed E-state index contributed by atoms with van der Waals surface area (Å²) in [5.74, 6) is 2.51. The summed E-state index contributed by atoms with van der Waals surface area (Å²) in [6.07, 6.45) is 5.47. The first-order valence-electron chi connectivity index (χ1n) is 10.7. The molecule has 0 radical (unpaired) electrons. The van der Waals surface area contributed by atoms with Gasteiger partial charge in [-0.1, -0.05) is 17.7 Å². The summed E-state index contributed by atoms with van der Waals surface area (Å²) in [5.41, 5.74) is 1.77. The van der Waals surface area contributed by atoms with E-state index in [0.717, 1.165) is 55.0 Å². The van der Waals surface area contributed by atoms with Crippen LogP contribution in [-0.2, 0) is 0 Å². The second kappa shape index (κ2) is 11.6. The first-order valence-corrected chi connectivity index (χ1v) is 11.0. The summed E-state index contributed by atoms with van der Waals surface area (Å²) in [5, 5.41) is 5.08. The minimum absolute atomic E-state index is 0. The Balaban J connectivity index is 0.00000162. The van der Waals surface area contributed by atoms with Gasteiger partial charge in [0.1, 0.15) is 35.1 Å². The molecule has 0 unspecified atom stereocenters. The Morgan fingerprint density at radius 3 is 2.59 bits per heavy atom. The molecule has 6 nitrogen and oxygen atoms in total. The van der Waals surface area contributed by atoms with Gasteiger partial charge in [0.25, 0.3) is 0 Å². The molecular formula is C24H25Cl3FN5O. The lowest BCUT2D eigenvalue weighted by atomic mass is 9.96. The predicted octanol–water partition coefficient (Wildman–Crippen LogP) is 6.71. The van der Waals surface area contributed by atoms with Gasteiger partial charge < -0.3 is 19.9 Å². The minimum atomic E-state index is -0.279. The molecule has 3 heterocycles. The Bertz CT molecular complexity index is 1210. The number of aromatic nitrogens is 3. The van der Waals surface area contributed by atoms with E-state index in [1.54, 1.807) is 24.7 Å². The Morgan fingerprint density at radius 2 is 1.82 bits per heavy atom. The Kier molecular flexibility index (Phi) is 8.83. The summed E-state index contributed by atoms with van der Waals surface area (Å²) >= 11 is 6.34. The molecule has 0 saturated carbocycles. The first-order chi connectivity index (χ1) is 15.7. The van der Waals surface area contributed by atoms with Gasteiger partial charge in [0.05, 0.1) is 10.4 Å². The number of nitrogens with one attached hydrogen (secondary N) is 2. The van der Waals surface area contributed by atoms with Crippen molar-refractivity contribution in [2.45, 2.75) is 12.8 Å². The predicted molar refractivity (Wildman–Crippen MR) is 140 cm³/mol. The average molecular weight is 525 g/mol. The Hall–Kier alpha value is -2.74. The van der Waals surface area contributed by atoms with Crippen molar-refractivity contribution in [1.82, 2.24) is 15.0 Å². The summed E-state index contributed by atoms with van der Waals surface area (Å²) in [7, 11) is 0. The second-order valence-electron chi connectivity index (χ2n) is 7.95. The van der Waals surface area contributed by atoms with Gasteiger partial charge in [0.2, 0.25) is 0 Å². The number of rotatable bonds is 6. The number of aromatic amines is 1. The third-order valence-corrected chi connectivity index (χ3v) is 6.09. The molecule has 0 bridgehead atoms. The standard InChI is InChI=1S/C24H23ClFN5O.2ClH/c25-21-14-28-23-22(21)24(30-15-29-23)31-10-8-16(9-11-31)13-27-18-2-1-3-20(12-18)32-19-6-4-17(26)5-7-19;;/h1-7,12,14-16,27H,8-11,13H2,(H,28,29,30);2*1H. The van der Waals surface area contributed by atoms with E-state index in [4.69, 9.17) is 16.3 Å². The van der Waals surface area contributed by atoms with Gasteiger partial charge in [-0.05, 0) is 55.2 Å². The van der Waals surface area contributed by atoms with E-state index in [2.05, 4.69) is 25.2 Å². The highest BCUT2D eigenvalue weighted by Gasteiger charge is 2.23. The molecule has 5 rings (SSSR count). The molecule has 0 spiro atoms. The number of hydrogen-bond donors (Lipinski definition) is 2. The van der Waals surface area contributed by atoms with Crippen LogP contribution < -0.4 is 15.0 Å². The van der Waals surface area contributed by atoms with Crippen molar-refractivity contribution in [1.29, 1.82) is 0 Å². The molecule has 10 heteroatoms. The van der Waals surface area contributed by atoms with Crippen LogP contribution in [0.3, 0.4) is 0 Å². The molecule has 4 aromatic rings. The van der Waals surface area contributed by atoms with Gasteiger partial charge in [-0.2, -0.15) is 0 Å². The van der Waals surface area contributed by atoms with Gasteiger partial charge in [-0.25, -0.2) is 14.4 Å². The van der Waals surface area contributed by atoms with Gasteiger partial charge in [-0.3, -0.25) is 0 Å². The maximum absolute atomic E-state index is 13.1. The topological polar surface area (TPSA) is 66.1 Å². The minimum Gasteiger partial charge on any atom is -0.457 e. The van der Waals surface area contributed by atoms with E-state index in [1.807, 2.05) is 24.3 Å². The molecule has 180 valence electrons. The lowest BCUT2D eigenvalue weighted by Crippen LogP contribution is -2.36. The fraction of sp³-hybridized carbons (Fsp3) is 0.250. The quantitative estimate of drug-likeness (QED) is 0.293. The van der Waals surface area contributed by atoms with E-state index < -0.39 is 0 Å². The summed E-state index contributed by atoms with van der Waals surface area (Å²) in [4.78, 5) is 14.1. The number of halogens is 4. The highest BCUT2D eigenvalue weighted by atomic mass is 35.5. The fourth-order valence-electron chi connectivity index (χ4n) is 4.07. The van der Waals surface area contributed by atoms with Gasteiger partial charge in [0, 0.05) is 37.6 Å². The molecular weight excluding hydrogens is 500 g/mol. The van der Waals surface area contributed by atoms with Crippen LogP contribution in [0.4, 0.5) is 15.9 Å². The fourth-order valence-corrected chi connectivity index (χ4v) is 4.30. The van der Waals surface area contributed by atoms with Crippen molar-refractivity contribution in [3.63, 3.8) is 0 Å². The second-order valence-corrected chi connectivity index (χ2v) is 8.36. The van der Waals surface area contributed by atoms with E-state index in [1.165, 1.54) is 12.1 Å². The lowest BCUT2D eigenvalue weighted by Gasteiger charge is -2.33. The molecule has 1 aliphatic rings. The van der Waals surface area contributed by atoms with E-state index in [0.29, 0.717) is 22.4 Å². The van der Waals surface area contributed by atoms with E-state index in [-0.39, 0.29) is 30.6 Å². The van der Waals surface area contributed by atoms with Crippen molar-refractivity contribution in [2.75, 3.05) is 29.9 Å². The summed E-state index contributed by atoms with van der Waals surface area (Å²) < 4.78 is 18.9. The summed E-state index contributed by atoms with van der Waals surface area (Å²) in [6, 6.07) is 13.8. The maximum atomic E-state index is 13.1. The van der Waals surface area contributed by atoms with Crippen LogP contribution in [0.5, 0.6) is 11.5 Å². The third-order valence-electron chi connectivity index (χ3n) is 5.79. The van der Waals surface area contributed by atoms with Crippen molar-refractivity contribution in [3.8, 4) is 11.5 Å². The summed E-state index contributed by atoms with van der Waals surface area (Å²) in [6.45, 7) is 2.74. The van der Waals surface area contributed by atoms with Crippen LogP contribution in [0, 0.1) is 11.7 Å². The van der Waals surface area contributed by atoms with Crippen LogP contribution in [-0.4, -0.2) is 34.6 Å². The maximum Gasteiger partial charge on any atom is 0.144 e. The third kappa shape index (κ3) is 5.84. The number of anilines is 2. The zero-order chi connectivity index (χ0) is 21.9.